The van der Waals surface area contributed by atoms with E-state index in [2.05, 4.69) is 10.2 Å². The number of rotatable bonds is 5. The van der Waals surface area contributed by atoms with Gasteiger partial charge in [0.05, 0.1) is 44.7 Å². The Kier molecular flexibility index (Phi) is 5.63. The Balaban J connectivity index is 1.54. The van der Waals surface area contributed by atoms with Crippen LogP contribution in [0.1, 0.15) is 5.56 Å². The maximum Gasteiger partial charge on any atom is 0.279 e. The largest absolute Gasteiger partial charge is 0.506 e. The number of quaternary nitrogens is 1. The van der Waals surface area contributed by atoms with E-state index in [-0.39, 0.29) is 5.91 Å². The maximum absolute atomic E-state index is 12.4. The molecule has 0 unspecified atom stereocenters. The summed E-state index contributed by atoms with van der Waals surface area (Å²) in [6.07, 6.45) is 0. The van der Waals surface area contributed by atoms with Crippen molar-refractivity contribution in [2.45, 2.75) is 6.92 Å². The second kappa shape index (κ2) is 8.10. The smallest absolute Gasteiger partial charge is 0.279 e. The van der Waals surface area contributed by atoms with Crippen LogP contribution in [0.3, 0.4) is 0 Å². The molecule has 3 N–H and O–H groups in total. The average Bonchev–Trinajstić information content (AvgIpc) is 2.63. The Morgan fingerprint density at radius 3 is 2.65 bits per heavy atom. The minimum Gasteiger partial charge on any atom is -0.506 e. The van der Waals surface area contributed by atoms with Crippen LogP contribution in [0.4, 0.5) is 11.4 Å². The van der Waals surface area contributed by atoms with Gasteiger partial charge in [-0.15, -0.1) is 0 Å². The molecule has 2 aromatic carbocycles. The zero-order valence-corrected chi connectivity index (χ0v) is 15.3. The fraction of sp³-hybridized carbons (Fsp3) is 0.350. The number of phenols is 1. The lowest BCUT2D eigenvalue weighted by molar-refractivity contribution is -0.892. The van der Waals surface area contributed by atoms with E-state index in [1.807, 2.05) is 43.3 Å². The molecule has 1 heterocycles. The van der Waals surface area contributed by atoms with Crippen molar-refractivity contribution in [1.29, 1.82) is 0 Å². The summed E-state index contributed by atoms with van der Waals surface area (Å²) in [6, 6.07) is 13.1. The Morgan fingerprint density at radius 2 is 1.96 bits per heavy atom. The number of nitrogens with one attached hydrogen (secondary N) is 2. The first-order chi connectivity index (χ1) is 12.6. The van der Waals surface area contributed by atoms with Gasteiger partial charge in [0.2, 0.25) is 0 Å². The van der Waals surface area contributed by atoms with Crippen LogP contribution in [-0.2, 0) is 4.79 Å². The quantitative estimate of drug-likeness (QED) is 0.749. The summed E-state index contributed by atoms with van der Waals surface area (Å²) in [7, 11) is 1.60. The number of ether oxygens (including phenoxy) is 1. The molecule has 6 heteroatoms. The molecule has 1 aliphatic heterocycles. The third kappa shape index (κ3) is 4.26. The van der Waals surface area contributed by atoms with Gasteiger partial charge in [-0.05, 0) is 36.8 Å². The van der Waals surface area contributed by atoms with Crippen molar-refractivity contribution in [3.63, 3.8) is 0 Å². The molecule has 0 saturated carbocycles. The predicted molar refractivity (Wildman–Crippen MR) is 102 cm³/mol. The molecule has 0 atom stereocenters. The van der Waals surface area contributed by atoms with Crippen molar-refractivity contribution in [3.8, 4) is 11.5 Å². The van der Waals surface area contributed by atoms with Crippen LogP contribution < -0.4 is 19.9 Å². The molecule has 0 aromatic heterocycles. The number of piperazine rings is 1. The van der Waals surface area contributed by atoms with E-state index in [9.17, 15) is 9.90 Å². The molecule has 1 saturated heterocycles. The lowest BCUT2D eigenvalue weighted by Crippen LogP contribution is -3.15. The zero-order chi connectivity index (χ0) is 18.5. The van der Waals surface area contributed by atoms with Gasteiger partial charge in [0, 0.05) is 0 Å². The lowest BCUT2D eigenvalue weighted by atomic mass is 10.2. The molecule has 1 aliphatic rings. The van der Waals surface area contributed by atoms with E-state index in [0.29, 0.717) is 23.7 Å². The first-order valence-electron chi connectivity index (χ1n) is 8.88. The SMILES string of the molecule is COc1ccc(C)cc1NC(=O)C[NH+]1CCN(c2ccccc2O)CC1. The molecule has 2 aromatic rings. The standard InChI is InChI=1S/C20H25N3O3/c1-15-7-8-19(26-2)16(13-15)21-20(25)14-22-9-11-23(12-10-22)17-5-3-4-6-18(17)24/h3-8,13,24H,9-12,14H2,1-2H3,(H,21,25)/p+1. The van der Waals surface area contributed by atoms with Crippen LogP contribution >= 0.6 is 0 Å². The number of anilines is 2. The molecule has 0 aliphatic carbocycles. The van der Waals surface area contributed by atoms with Crippen LogP contribution in [0.15, 0.2) is 42.5 Å². The molecular formula is C20H26N3O3+. The van der Waals surface area contributed by atoms with E-state index in [0.717, 1.165) is 37.4 Å². The molecular weight excluding hydrogens is 330 g/mol. The number of hydrogen-bond acceptors (Lipinski definition) is 4. The van der Waals surface area contributed by atoms with Gasteiger partial charge in [0.1, 0.15) is 11.5 Å². The van der Waals surface area contributed by atoms with E-state index in [1.54, 1.807) is 13.2 Å². The van der Waals surface area contributed by atoms with E-state index < -0.39 is 0 Å². The minimum atomic E-state index is -0.0140. The number of carbonyl (C=O) groups is 1. The van der Waals surface area contributed by atoms with Gasteiger partial charge in [-0.2, -0.15) is 0 Å². The molecule has 6 nitrogen and oxygen atoms in total. The summed E-state index contributed by atoms with van der Waals surface area (Å²) in [4.78, 5) is 15.8. The van der Waals surface area contributed by atoms with Gasteiger partial charge < -0.3 is 25.0 Å². The van der Waals surface area contributed by atoms with Crippen LogP contribution in [0, 0.1) is 6.92 Å². The summed E-state index contributed by atoms with van der Waals surface area (Å²) in [5.74, 6) is 0.962. The molecule has 0 radical (unpaired) electrons. The Morgan fingerprint density at radius 1 is 1.23 bits per heavy atom. The number of methoxy groups -OCH3 is 1. The Hall–Kier alpha value is -2.73. The van der Waals surface area contributed by atoms with Crippen molar-refractivity contribution in [2.24, 2.45) is 0 Å². The third-order valence-electron chi connectivity index (χ3n) is 4.73. The molecule has 3 rings (SSSR count). The van der Waals surface area contributed by atoms with Crippen LogP contribution in [0.25, 0.3) is 0 Å². The summed E-state index contributed by atoms with van der Waals surface area (Å²) in [6.45, 7) is 5.74. The first-order valence-corrected chi connectivity index (χ1v) is 8.88. The van der Waals surface area contributed by atoms with Crippen molar-refractivity contribution in [2.75, 3.05) is 50.1 Å². The molecule has 1 amide bonds. The summed E-state index contributed by atoms with van der Waals surface area (Å²) in [5, 5.41) is 12.9. The molecule has 1 fully saturated rings. The van der Waals surface area contributed by atoms with Crippen molar-refractivity contribution in [3.05, 3.63) is 48.0 Å². The molecule has 138 valence electrons. The number of amides is 1. The van der Waals surface area contributed by atoms with Gasteiger partial charge in [-0.3, -0.25) is 4.79 Å². The maximum atomic E-state index is 12.4. The fourth-order valence-corrected chi connectivity index (χ4v) is 3.31. The van der Waals surface area contributed by atoms with Gasteiger partial charge in [0.15, 0.2) is 6.54 Å². The number of nitrogens with zero attached hydrogens (tertiary/aromatic N) is 1. The van der Waals surface area contributed by atoms with Gasteiger partial charge in [-0.1, -0.05) is 18.2 Å². The van der Waals surface area contributed by atoms with Gasteiger partial charge in [0.25, 0.3) is 5.91 Å². The van der Waals surface area contributed by atoms with Crippen LogP contribution in [0.2, 0.25) is 0 Å². The third-order valence-corrected chi connectivity index (χ3v) is 4.73. The number of aromatic hydroxyl groups is 1. The average molecular weight is 356 g/mol. The highest BCUT2D eigenvalue weighted by Crippen LogP contribution is 2.26. The number of phenolic OH excluding ortho intramolecular Hbond substituents is 1. The highest BCUT2D eigenvalue weighted by atomic mass is 16.5. The molecule has 26 heavy (non-hydrogen) atoms. The summed E-state index contributed by atoms with van der Waals surface area (Å²) < 4.78 is 5.31. The number of benzene rings is 2. The predicted octanol–water partition coefficient (Wildman–Crippen LogP) is 1.05. The summed E-state index contributed by atoms with van der Waals surface area (Å²) >= 11 is 0. The van der Waals surface area contributed by atoms with E-state index in [4.69, 9.17) is 4.74 Å². The minimum absolute atomic E-state index is 0.0140. The highest BCUT2D eigenvalue weighted by Gasteiger charge is 2.24. The second-order valence-electron chi connectivity index (χ2n) is 6.65. The Bertz CT molecular complexity index is 771. The Labute approximate surface area is 154 Å². The second-order valence-corrected chi connectivity index (χ2v) is 6.65. The van der Waals surface area contributed by atoms with E-state index in [1.165, 1.54) is 4.90 Å². The topological polar surface area (TPSA) is 66.2 Å². The lowest BCUT2D eigenvalue weighted by Gasteiger charge is -2.33. The van der Waals surface area contributed by atoms with Crippen molar-refractivity contribution in [1.82, 2.24) is 0 Å². The number of carbonyl (C=O) groups excluding carboxylic acids is 1. The number of aryl methyl sites for hydroxylation is 1. The van der Waals surface area contributed by atoms with Crippen molar-refractivity contribution < 1.29 is 19.5 Å². The van der Waals surface area contributed by atoms with Crippen molar-refractivity contribution >= 4 is 17.3 Å². The molecule has 0 spiro atoms. The normalized spacial score (nSPS) is 14.9. The van der Waals surface area contributed by atoms with Gasteiger partial charge >= 0.3 is 0 Å². The summed E-state index contributed by atoms with van der Waals surface area (Å²) in [5.41, 5.74) is 2.65. The number of para-hydroxylation sites is 2. The number of hydrogen-bond donors (Lipinski definition) is 3. The van der Waals surface area contributed by atoms with E-state index >= 15 is 0 Å². The molecule has 0 bridgehead atoms. The monoisotopic (exact) mass is 356 g/mol. The highest BCUT2D eigenvalue weighted by molar-refractivity contribution is 5.93. The van der Waals surface area contributed by atoms with Crippen LogP contribution in [-0.4, -0.2) is 50.8 Å². The fourth-order valence-electron chi connectivity index (χ4n) is 3.31. The first kappa shape index (κ1) is 18.1. The van der Waals surface area contributed by atoms with Crippen LogP contribution in [0.5, 0.6) is 11.5 Å². The van der Waals surface area contributed by atoms with Gasteiger partial charge in [-0.25, -0.2) is 0 Å². The zero-order valence-electron chi connectivity index (χ0n) is 15.3.